The van der Waals surface area contributed by atoms with Gasteiger partial charge in [-0.25, -0.2) is 8.42 Å². The normalized spacial score (nSPS) is 18.4. The first kappa shape index (κ1) is 18.6. The molecule has 1 aliphatic heterocycles. The van der Waals surface area contributed by atoms with Gasteiger partial charge >= 0.3 is 0 Å². The van der Waals surface area contributed by atoms with E-state index in [4.69, 9.17) is 4.74 Å². The van der Waals surface area contributed by atoms with E-state index >= 15 is 0 Å². The third-order valence-electron chi connectivity index (χ3n) is 3.86. The SMILES string of the molecule is CC1(C)C(=O)NC(=O)CN1S(=O)(=O)CCCOCc1ccccc1. The number of amides is 2. The molecule has 0 unspecified atom stereocenters. The Kier molecular flexibility index (Phi) is 5.74. The fourth-order valence-corrected chi connectivity index (χ4v) is 4.22. The number of hydrogen-bond acceptors (Lipinski definition) is 5. The molecule has 7 nitrogen and oxygen atoms in total. The number of carbonyl (C=O) groups is 2. The van der Waals surface area contributed by atoms with Crippen molar-refractivity contribution in [3.63, 3.8) is 0 Å². The molecule has 1 fully saturated rings. The van der Waals surface area contributed by atoms with E-state index in [2.05, 4.69) is 5.32 Å². The van der Waals surface area contributed by atoms with Gasteiger partial charge in [-0.15, -0.1) is 0 Å². The Morgan fingerprint density at radius 2 is 1.88 bits per heavy atom. The first-order valence-corrected chi connectivity index (χ1v) is 9.31. The summed E-state index contributed by atoms with van der Waals surface area (Å²) >= 11 is 0. The molecule has 0 spiro atoms. The third kappa shape index (κ3) is 4.40. The van der Waals surface area contributed by atoms with E-state index in [1.165, 1.54) is 13.8 Å². The monoisotopic (exact) mass is 354 g/mol. The average Bonchev–Trinajstić information content (AvgIpc) is 2.51. The highest BCUT2D eigenvalue weighted by molar-refractivity contribution is 7.89. The number of nitrogens with one attached hydrogen (secondary N) is 1. The zero-order chi connectivity index (χ0) is 17.8. The van der Waals surface area contributed by atoms with Crippen molar-refractivity contribution in [1.29, 1.82) is 0 Å². The second kappa shape index (κ2) is 7.42. The molecule has 2 amide bonds. The molecule has 0 bridgehead atoms. The molecule has 1 aliphatic rings. The number of ether oxygens (including phenoxy) is 1. The second-order valence-corrected chi connectivity index (χ2v) is 8.16. The minimum absolute atomic E-state index is 0.175. The maximum absolute atomic E-state index is 12.5. The summed E-state index contributed by atoms with van der Waals surface area (Å²) in [6.07, 6.45) is 0.289. The van der Waals surface area contributed by atoms with Crippen LogP contribution in [0.25, 0.3) is 0 Å². The van der Waals surface area contributed by atoms with Crippen LogP contribution in [-0.2, 0) is 31.0 Å². The van der Waals surface area contributed by atoms with Crippen LogP contribution in [-0.4, -0.2) is 49.0 Å². The lowest BCUT2D eigenvalue weighted by Gasteiger charge is -2.38. The standard InChI is InChI=1S/C16H22N2O5S/c1-16(2)15(20)17-14(19)11-18(16)24(21,22)10-6-9-23-12-13-7-4-3-5-8-13/h3-5,7-8H,6,9-12H2,1-2H3,(H,17,19,20). The number of carbonyl (C=O) groups excluding carboxylic acids is 2. The van der Waals surface area contributed by atoms with Crippen molar-refractivity contribution < 1.29 is 22.7 Å². The molecule has 1 saturated heterocycles. The summed E-state index contributed by atoms with van der Waals surface area (Å²) in [7, 11) is -3.73. The van der Waals surface area contributed by atoms with Crippen molar-refractivity contribution in [3.05, 3.63) is 35.9 Å². The predicted molar refractivity (Wildman–Crippen MR) is 88.4 cm³/mol. The first-order chi connectivity index (χ1) is 11.2. The van der Waals surface area contributed by atoms with Gasteiger partial charge in [0.1, 0.15) is 5.54 Å². The minimum atomic E-state index is -3.73. The van der Waals surface area contributed by atoms with E-state index in [-0.39, 0.29) is 25.3 Å². The second-order valence-electron chi connectivity index (χ2n) is 6.15. The van der Waals surface area contributed by atoms with Crippen molar-refractivity contribution >= 4 is 21.8 Å². The number of sulfonamides is 1. The van der Waals surface area contributed by atoms with Gasteiger partial charge in [-0.05, 0) is 25.8 Å². The van der Waals surface area contributed by atoms with Crippen LogP contribution in [0.3, 0.4) is 0 Å². The van der Waals surface area contributed by atoms with Gasteiger partial charge in [-0.3, -0.25) is 14.9 Å². The highest BCUT2D eigenvalue weighted by atomic mass is 32.2. The molecule has 0 saturated carbocycles. The molecule has 1 N–H and O–H groups in total. The van der Waals surface area contributed by atoms with E-state index in [0.29, 0.717) is 6.61 Å². The summed E-state index contributed by atoms with van der Waals surface area (Å²) in [6.45, 7) is 3.32. The summed E-state index contributed by atoms with van der Waals surface area (Å²) in [4.78, 5) is 23.3. The van der Waals surface area contributed by atoms with Gasteiger partial charge < -0.3 is 4.74 Å². The largest absolute Gasteiger partial charge is 0.377 e. The lowest BCUT2D eigenvalue weighted by Crippen LogP contribution is -2.65. The summed E-state index contributed by atoms with van der Waals surface area (Å²) in [6, 6.07) is 9.58. The van der Waals surface area contributed by atoms with Crippen LogP contribution in [0.4, 0.5) is 0 Å². The van der Waals surface area contributed by atoms with E-state index in [1.807, 2.05) is 30.3 Å². The molecular weight excluding hydrogens is 332 g/mol. The van der Waals surface area contributed by atoms with Gasteiger partial charge in [-0.1, -0.05) is 30.3 Å². The Hall–Kier alpha value is -1.77. The Morgan fingerprint density at radius 1 is 1.21 bits per heavy atom. The fraction of sp³-hybridized carbons (Fsp3) is 0.500. The topological polar surface area (TPSA) is 92.8 Å². The number of rotatable bonds is 7. The van der Waals surface area contributed by atoms with Crippen LogP contribution < -0.4 is 5.32 Å². The molecule has 0 atom stereocenters. The molecule has 24 heavy (non-hydrogen) atoms. The third-order valence-corrected chi connectivity index (χ3v) is 5.92. The van der Waals surface area contributed by atoms with E-state index in [0.717, 1.165) is 9.87 Å². The molecule has 8 heteroatoms. The van der Waals surface area contributed by atoms with E-state index < -0.39 is 27.4 Å². The lowest BCUT2D eigenvalue weighted by molar-refractivity contribution is -0.141. The van der Waals surface area contributed by atoms with E-state index in [1.54, 1.807) is 0 Å². The molecular formula is C16H22N2O5S. The minimum Gasteiger partial charge on any atom is -0.377 e. The van der Waals surface area contributed by atoms with Gasteiger partial charge in [0.05, 0.1) is 18.9 Å². The van der Waals surface area contributed by atoms with Gasteiger partial charge in [0.2, 0.25) is 21.8 Å². The first-order valence-electron chi connectivity index (χ1n) is 7.70. The van der Waals surface area contributed by atoms with Crippen molar-refractivity contribution in [2.75, 3.05) is 18.9 Å². The summed E-state index contributed by atoms with van der Waals surface area (Å²) in [5.41, 5.74) is -0.266. The van der Waals surface area contributed by atoms with Gasteiger partial charge in [0.25, 0.3) is 0 Å². The number of hydrogen-bond donors (Lipinski definition) is 1. The molecule has 132 valence electrons. The number of piperazine rings is 1. The maximum Gasteiger partial charge on any atom is 0.247 e. The van der Waals surface area contributed by atoms with Gasteiger partial charge in [0.15, 0.2) is 0 Å². The fourth-order valence-electron chi connectivity index (χ4n) is 2.42. The van der Waals surface area contributed by atoms with Crippen molar-refractivity contribution in [1.82, 2.24) is 9.62 Å². The van der Waals surface area contributed by atoms with Crippen LogP contribution >= 0.6 is 0 Å². The van der Waals surface area contributed by atoms with Crippen molar-refractivity contribution in [2.45, 2.75) is 32.4 Å². The van der Waals surface area contributed by atoms with Crippen LogP contribution in [0.2, 0.25) is 0 Å². The smallest absolute Gasteiger partial charge is 0.247 e. The molecule has 1 aromatic rings. The molecule has 0 radical (unpaired) electrons. The average molecular weight is 354 g/mol. The Bertz CT molecular complexity index is 700. The van der Waals surface area contributed by atoms with Crippen LogP contribution in [0, 0.1) is 0 Å². The molecule has 2 rings (SSSR count). The summed E-state index contributed by atoms with van der Waals surface area (Å²) in [5, 5.41) is 2.16. The number of nitrogens with zero attached hydrogens (tertiary/aromatic N) is 1. The molecule has 1 heterocycles. The Balaban J connectivity index is 1.86. The quantitative estimate of drug-likeness (QED) is 0.574. The summed E-state index contributed by atoms with van der Waals surface area (Å²) in [5.74, 6) is -1.39. The Morgan fingerprint density at radius 3 is 2.54 bits per heavy atom. The molecule has 0 aromatic heterocycles. The maximum atomic E-state index is 12.5. The van der Waals surface area contributed by atoms with Crippen molar-refractivity contribution in [3.8, 4) is 0 Å². The van der Waals surface area contributed by atoms with Crippen molar-refractivity contribution in [2.24, 2.45) is 0 Å². The van der Waals surface area contributed by atoms with Gasteiger partial charge in [-0.2, -0.15) is 4.31 Å². The molecule has 0 aliphatic carbocycles. The van der Waals surface area contributed by atoms with Crippen LogP contribution in [0.15, 0.2) is 30.3 Å². The zero-order valence-corrected chi connectivity index (χ0v) is 14.6. The molecule has 1 aromatic carbocycles. The highest BCUT2D eigenvalue weighted by Crippen LogP contribution is 2.22. The highest BCUT2D eigenvalue weighted by Gasteiger charge is 2.46. The number of imide groups is 1. The lowest BCUT2D eigenvalue weighted by atomic mass is 10.0. The Labute approximate surface area is 142 Å². The van der Waals surface area contributed by atoms with Crippen LogP contribution in [0.1, 0.15) is 25.8 Å². The number of benzene rings is 1. The van der Waals surface area contributed by atoms with Crippen LogP contribution in [0.5, 0.6) is 0 Å². The predicted octanol–water partition coefficient (Wildman–Crippen LogP) is 0.660. The summed E-state index contributed by atoms with van der Waals surface area (Å²) < 4.78 is 31.4. The van der Waals surface area contributed by atoms with E-state index in [9.17, 15) is 18.0 Å². The van der Waals surface area contributed by atoms with Gasteiger partial charge in [0, 0.05) is 6.61 Å². The zero-order valence-electron chi connectivity index (χ0n) is 13.8.